The second-order valence-corrected chi connectivity index (χ2v) is 8.02. The molecule has 0 saturated carbocycles. The molecule has 1 fully saturated rings. The topological polar surface area (TPSA) is 61.9 Å². The first kappa shape index (κ1) is 21.7. The molecular weight excluding hydrogens is 402 g/mol. The number of benzene rings is 3. The first-order valence-electron chi connectivity index (χ1n) is 11.1. The Balaban J connectivity index is 1.42. The molecule has 1 saturated heterocycles. The lowest BCUT2D eigenvalue weighted by Crippen LogP contribution is -2.48. The maximum atomic E-state index is 12.9. The zero-order chi connectivity index (χ0) is 22.5. The van der Waals surface area contributed by atoms with Crippen LogP contribution in [0.2, 0.25) is 0 Å². The van der Waals surface area contributed by atoms with Gasteiger partial charge in [-0.15, -0.1) is 0 Å². The van der Waals surface area contributed by atoms with Gasteiger partial charge in [-0.2, -0.15) is 0 Å². The lowest BCUT2D eigenvalue weighted by molar-refractivity contribution is -0.131. The number of nitrogens with one attached hydrogen (secondary N) is 1. The minimum absolute atomic E-state index is 0.205. The maximum Gasteiger partial charge on any atom is 0.259 e. The molecule has 4 rings (SSSR count). The molecule has 166 valence electrons. The van der Waals surface area contributed by atoms with Gasteiger partial charge in [-0.25, -0.2) is 0 Å². The SMILES string of the molecule is CCCC(=O)N1CCN(c2ccc(NC(=O)c3cc4ccccc4cc3OC)cc2)CC1. The molecule has 3 aromatic rings. The number of hydrogen-bond donors (Lipinski definition) is 1. The van der Waals surface area contributed by atoms with Crippen molar-refractivity contribution < 1.29 is 14.3 Å². The Kier molecular flexibility index (Phi) is 6.59. The molecule has 0 radical (unpaired) electrons. The van der Waals surface area contributed by atoms with Gasteiger partial charge in [-0.3, -0.25) is 9.59 Å². The minimum Gasteiger partial charge on any atom is -0.496 e. The predicted octanol–water partition coefficient (Wildman–Crippen LogP) is 4.55. The summed E-state index contributed by atoms with van der Waals surface area (Å²) in [6.45, 7) is 5.16. The highest BCUT2D eigenvalue weighted by atomic mass is 16.5. The van der Waals surface area contributed by atoms with Crippen LogP contribution in [0.25, 0.3) is 10.8 Å². The van der Waals surface area contributed by atoms with Gasteiger partial charge in [0.1, 0.15) is 5.75 Å². The Hall–Kier alpha value is -3.54. The molecule has 0 atom stereocenters. The molecule has 6 nitrogen and oxygen atoms in total. The second kappa shape index (κ2) is 9.73. The summed E-state index contributed by atoms with van der Waals surface area (Å²) in [5.74, 6) is 0.589. The lowest BCUT2D eigenvalue weighted by atomic mass is 10.1. The summed E-state index contributed by atoms with van der Waals surface area (Å²) in [5, 5.41) is 4.99. The number of fused-ring (bicyclic) bond motifs is 1. The van der Waals surface area contributed by atoms with E-state index in [1.165, 1.54) is 0 Å². The molecule has 6 heteroatoms. The summed E-state index contributed by atoms with van der Waals surface area (Å²) >= 11 is 0. The number of piperazine rings is 1. The van der Waals surface area contributed by atoms with Crippen molar-refractivity contribution in [3.05, 3.63) is 66.2 Å². The van der Waals surface area contributed by atoms with E-state index in [1.807, 2.05) is 72.5 Å². The second-order valence-electron chi connectivity index (χ2n) is 8.02. The van der Waals surface area contributed by atoms with Crippen molar-refractivity contribution in [3.63, 3.8) is 0 Å². The largest absolute Gasteiger partial charge is 0.496 e. The van der Waals surface area contributed by atoms with Crippen LogP contribution in [0, 0.1) is 0 Å². The third-order valence-electron chi connectivity index (χ3n) is 5.90. The average Bonchev–Trinajstić information content (AvgIpc) is 2.84. The van der Waals surface area contributed by atoms with E-state index >= 15 is 0 Å². The van der Waals surface area contributed by atoms with E-state index in [0.717, 1.165) is 54.7 Å². The Morgan fingerprint density at radius 2 is 1.59 bits per heavy atom. The van der Waals surface area contributed by atoms with Gasteiger partial charge >= 0.3 is 0 Å². The van der Waals surface area contributed by atoms with Crippen molar-refractivity contribution in [1.82, 2.24) is 4.90 Å². The van der Waals surface area contributed by atoms with Gasteiger partial charge in [0.15, 0.2) is 0 Å². The molecule has 1 aliphatic rings. The normalized spacial score (nSPS) is 13.8. The summed E-state index contributed by atoms with van der Waals surface area (Å²) in [5.41, 5.74) is 2.32. The van der Waals surface area contributed by atoms with Crippen LogP contribution in [-0.4, -0.2) is 50.0 Å². The molecule has 1 aliphatic heterocycles. The molecule has 1 heterocycles. The van der Waals surface area contributed by atoms with E-state index in [1.54, 1.807) is 7.11 Å². The van der Waals surface area contributed by atoms with Gasteiger partial charge in [0.05, 0.1) is 12.7 Å². The fourth-order valence-corrected chi connectivity index (χ4v) is 4.11. The molecule has 3 aromatic carbocycles. The van der Waals surface area contributed by atoms with Crippen LogP contribution in [0.5, 0.6) is 5.75 Å². The number of methoxy groups -OCH3 is 1. The van der Waals surface area contributed by atoms with Crippen LogP contribution in [0.1, 0.15) is 30.1 Å². The highest BCUT2D eigenvalue weighted by molar-refractivity contribution is 6.08. The number of ether oxygens (including phenoxy) is 1. The van der Waals surface area contributed by atoms with E-state index < -0.39 is 0 Å². The Bertz CT molecular complexity index is 1100. The number of anilines is 2. The zero-order valence-corrected chi connectivity index (χ0v) is 18.6. The van der Waals surface area contributed by atoms with Gasteiger partial charge in [0, 0.05) is 44.0 Å². The third kappa shape index (κ3) is 4.69. The van der Waals surface area contributed by atoms with E-state index in [-0.39, 0.29) is 11.8 Å². The number of hydrogen-bond acceptors (Lipinski definition) is 4. The predicted molar refractivity (Wildman–Crippen MR) is 129 cm³/mol. The molecule has 0 aliphatic carbocycles. The van der Waals surface area contributed by atoms with E-state index in [9.17, 15) is 9.59 Å². The number of nitrogens with zero attached hydrogens (tertiary/aromatic N) is 2. The van der Waals surface area contributed by atoms with Crippen LogP contribution in [-0.2, 0) is 4.79 Å². The number of carbonyl (C=O) groups excluding carboxylic acids is 2. The standard InChI is InChI=1S/C26H29N3O3/c1-3-6-25(30)29-15-13-28(14-16-29)22-11-9-21(10-12-22)27-26(31)23-17-19-7-4-5-8-20(19)18-24(23)32-2/h4-5,7-12,17-18H,3,6,13-16H2,1-2H3,(H,27,31). The van der Waals surface area contributed by atoms with Crippen molar-refractivity contribution in [1.29, 1.82) is 0 Å². The maximum absolute atomic E-state index is 12.9. The number of rotatable bonds is 6. The molecule has 0 unspecified atom stereocenters. The number of carbonyl (C=O) groups is 2. The highest BCUT2D eigenvalue weighted by Crippen LogP contribution is 2.27. The van der Waals surface area contributed by atoms with Gasteiger partial charge in [-0.1, -0.05) is 31.2 Å². The van der Waals surface area contributed by atoms with Crippen molar-refractivity contribution in [3.8, 4) is 5.75 Å². The fraction of sp³-hybridized carbons (Fsp3) is 0.308. The average molecular weight is 432 g/mol. The van der Waals surface area contributed by atoms with Crippen LogP contribution in [0.3, 0.4) is 0 Å². The summed E-state index contributed by atoms with van der Waals surface area (Å²) in [4.78, 5) is 29.2. The first-order chi connectivity index (χ1) is 15.6. The highest BCUT2D eigenvalue weighted by Gasteiger charge is 2.21. The monoisotopic (exact) mass is 431 g/mol. The molecule has 0 bridgehead atoms. The fourth-order valence-electron chi connectivity index (χ4n) is 4.11. The van der Waals surface area contributed by atoms with Crippen LogP contribution < -0.4 is 15.0 Å². The summed E-state index contributed by atoms with van der Waals surface area (Å²) in [6, 6.07) is 19.5. The quantitative estimate of drug-likeness (QED) is 0.622. The van der Waals surface area contributed by atoms with E-state index in [4.69, 9.17) is 4.74 Å². The molecule has 2 amide bonds. The van der Waals surface area contributed by atoms with Crippen LogP contribution in [0.15, 0.2) is 60.7 Å². The van der Waals surface area contributed by atoms with E-state index in [2.05, 4.69) is 10.2 Å². The first-order valence-corrected chi connectivity index (χ1v) is 11.1. The van der Waals surface area contributed by atoms with Gasteiger partial charge in [-0.05, 0) is 53.6 Å². The minimum atomic E-state index is -0.205. The molecule has 0 spiro atoms. The smallest absolute Gasteiger partial charge is 0.259 e. The lowest BCUT2D eigenvalue weighted by Gasteiger charge is -2.36. The van der Waals surface area contributed by atoms with E-state index in [0.29, 0.717) is 17.7 Å². The third-order valence-corrected chi connectivity index (χ3v) is 5.90. The van der Waals surface area contributed by atoms with Crippen molar-refractivity contribution in [2.45, 2.75) is 19.8 Å². The van der Waals surface area contributed by atoms with Crippen molar-refractivity contribution in [2.24, 2.45) is 0 Å². The summed E-state index contributed by atoms with van der Waals surface area (Å²) < 4.78 is 5.46. The molecule has 0 aromatic heterocycles. The van der Waals surface area contributed by atoms with Gasteiger partial charge in [0.25, 0.3) is 5.91 Å². The van der Waals surface area contributed by atoms with Crippen LogP contribution >= 0.6 is 0 Å². The van der Waals surface area contributed by atoms with Gasteiger partial charge in [0.2, 0.25) is 5.91 Å². The molecule has 32 heavy (non-hydrogen) atoms. The van der Waals surface area contributed by atoms with Crippen molar-refractivity contribution in [2.75, 3.05) is 43.5 Å². The van der Waals surface area contributed by atoms with Crippen molar-refractivity contribution >= 4 is 34.0 Å². The Morgan fingerprint density at radius 3 is 2.22 bits per heavy atom. The zero-order valence-electron chi connectivity index (χ0n) is 18.6. The Labute approximate surface area is 188 Å². The molecule has 1 N–H and O–H groups in total. The molecular formula is C26H29N3O3. The number of amides is 2. The summed E-state index contributed by atoms with van der Waals surface area (Å²) in [6.07, 6.45) is 1.51. The van der Waals surface area contributed by atoms with Gasteiger partial charge < -0.3 is 19.9 Å². The van der Waals surface area contributed by atoms with Crippen LogP contribution in [0.4, 0.5) is 11.4 Å². The summed E-state index contributed by atoms with van der Waals surface area (Å²) in [7, 11) is 1.57. The Morgan fingerprint density at radius 1 is 0.938 bits per heavy atom.